The molecule has 0 atom stereocenters. The van der Waals surface area contributed by atoms with Crippen molar-refractivity contribution in [2.45, 2.75) is 23.6 Å². The monoisotopic (exact) mass is 686 g/mol. The molecule has 246 valence electrons. The van der Waals surface area contributed by atoms with E-state index >= 15 is 0 Å². The Morgan fingerprint density at radius 2 is 0.792 bits per heavy atom. The zero-order valence-corrected chi connectivity index (χ0v) is 27.3. The van der Waals surface area contributed by atoms with E-state index in [0.717, 1.165) is 0 Å². The van der Waals surface area contributed by atoms with E-state index in [-0.39, 0.29) is 32.7 Å². The van der Waals surface area contributed by atoms with E-state index < -0.39 is 32.3 Å². The standard InChI is InChI=1S/C34H30N4O8S2/c1-23-10-3-5-18-31(23)47(41,42)45-29-16-8-14-27(21-29)37-33(39)35-25-12-7-13-26(20-25)36-34(40)38-28-15-9-17-30(22-28)46-48(43,44)32-19-6-4-11-24(32)2/h3-22H,1-2H3,(H2,35,37,39)(H2,36,38,40). The fourth-order valence-corrected chi connectivity index (χ4v) is 6.84. The number of urea groups is 2. The number of aryl methyl sites for hydroxylation is 2. The van der Waals surface area contributed by atoms with Gasteiger partial charge in [0.05, 0.1) is 0 Å². The second-order valence-electron chi connectivity index (χ2n) is 10.4. The van der Waals surface area contributed by atoms with Crippen molar-refractivity contribution in [3.05, 3.63) is 132 Å². The fraction of sp³-hybridized carbons (Fsp3) is 0.0588. The third-order valence-electron chi connectivity index (χ3n) is 6.70. The molecular weight excluding hydrogens is 657 g/mol. The SMILES string of the molecule is Cc1ccccc1S(=O)(=O)Oc1cccc(NC(=O)Nc2cccc(NC(=O)Nc3cccc(OS(=O)(=O)c4ccccc4C)c3)c2)c1. The van der Waals surface area contributed by atoms with Crippen LogP contribution in [0.1, 0.15) is 11.1 Å². The Morgan fingerprint density at radius 3 is 1.17 bits per heavy atom. The van der Waals surface area contributed by atoms with Crippen LogP contribution in [-0.2, 0) is 20.2 Å². The highest BCUT2D eigenvalue weighted by atomic mass is 32.2. The molecule has 0 aliphatic rings. The number of hydrogen-bond donors (Lipinski definition) is 4. The normalized spacial score (nSPS) is 11.2. The number of carbonyl (C=O) groups is 2. The molecule has 5 aromatic rings. The highest BCUT2D eigenvalue weighted by Crippen LogP contribution is 2.26. The lowest BCUT2D eigenvalue weighted by molar-refractivity contribution is 0.261. The summed E-state index contributed by atoms with van der Waals surface area (Å²) < 4.78 is 61.5. The Kier molecular flexibility index (Phi) is 9.96. The first kappa shape index (κ1) is 33.5. The molecule has 0 aromatic heterocycles. The zero-order chi connectivity index (χ0) is 34.3. The largest absolute Gasteiger partial charge is 0.379 e. The molecule has 0 saturated heterocycles. The molecule has 0 bridgehead atoms. The Bertz CT molecular complexity index is 2050. The van der Waals surface area contributed by atoms with Gasteiger partial charge in [-0.1, -0.05) is 54.6 Å². The number of benzene rings is 5. The molecule has 0 aliphatic carbocycles. The van der Waals surface area contributed by atoms with E-state index in [1.165, 1.54) is 54.6 Å². The van der Waals surface area contributed by atoms with Crippen LogP contribution in [0.2, 0.25) is 0 Å². The summed E-state index contributed by atoms with van der Waals surface area (Å²) in [5.74, 6) is 0.0246. The number of hydrogen-bond acceptors (Lipinski definition) is 8. The number of carbonyl (C=O) groups excluding carboxylic acids is 2. The molecule has 12 nitrogen and oxygen atoms in total. The number of amides is 4. The molecule has 0 radical (unpaired) electrons. The molecule has 0 aliphatic heterocycles. The lowest BCUT2D eigenvalue weighted by Crippen LogP contribution is -2.21. The third-order valence-corrected chi connectivity index (χ3v) is 9.52. The van der Waals surface area contributed by atoms with Crippen molar-refractivity contribution < 1.29 is 34.8 Å². The molecular formula is C34H30N4O8S2. The predicted molar refractivity (Wildman–Crippen MR) is 183 cm³/mol. The maximum Gasteiger partial charge on any atom is 0.339 e. The number of nitrogens with one attached hydrogen (secondary N) is 4. The second kappa shape index (κ2) is 14.3. The van der Waals surface area contributed by atoms with Gasteiger partial charge in [-0.2, -0.15) is 16.8 Å². The first-order valence-electron chi connectivity index (χ1n) is 14.3. The Balaban J connectivity index is 1.17. The third kappa shape index (κ3) is 8.69. The average molecular weight is 687 g/mol. The van der Waals surface area contributed by atoms with E-state index in [0.29, 0.717) is 22.5 Å². The van der Waals surface area contributed by atoms with Crippen molar-refractivity contribution in [2.24, 2.45) is 0 Å². The first-order chi connectivity index (χ1) is 22.9. The topological polar surface area (TPSA) is 169 Å². The summed E-state index contributed by atoms with van der Waals surface area (Å²) in [6.45, 7) is 3.32. The van der Waals surface area contributed by atoms with Crippen molar-refractivity contribution in [3.63, 3.8) is 0 Å². The Hall–Kier alpha value is -5.86. The summed E-state index contributed by atoms with van der Waals surface area (Å²) in [5, 5.41) is 10.5. The van der Waals surface area contributed by atoms with Crippen molar-refractivity contribution in [1.82, 2.24) is 0 Å². The van der Waals surface area contributed by atoms with E-state index in [9.17, 15) is 26.4 Å². The van der Waals surface area contributed by atoms with Gasteiger partial charge in [-0.15, -0.1) is 0 Å². The lowest BCUT2D eigenvalue weighted by atomic mass is 10.2. The first-order valence-corrected chi connectivity index (χ1v) is 17.2. The van der Waals surface area contributed by atoms with Crippen LogP contribution in [0.25, 0.3) is 0 Å². The highest BCUT2D eigenvalue weighted by molar-refractivity contribution is 7.87. The van der Waals surface area contributed by atoms with Crippen LogP contribution in [0, 0.1) is 13.8 Å². The van der Waals surface area contributed by atoms with Crippen LogP contribution in [0.15, 0.2) is 131 Å². The van der Waals surface area contributed by atoms with E-state index in [1.807, 2.05) is 0 Å². The molecule has 48 heavy (non-hydrogen) atoms. The summed E-state index contributed by atoms with van der Waals surface area (Å²) in [5.41, 5.74) is 2.30. The van der Waals surface area contributed by atoms with Crippen LogP contribution >= 0.6 is 0 Å². The average Bonchev–Trinajstić information content (AvgIpc) is 3.01. The Labute approximate surface area is 278 Å². The van der Waals surface area contributed by atoms with Crippen LogP contribution in [0.3, 0.4) is 0 Å². The molecule has 5 rings (SSSR count). The maximum atomic E-state index is 12.7. The van der Waals surface area contributed by atoms with E-state index in [2.05, 4.69) is 21.3 Å². The minimum Gasteiger partial charge on any atom is -0.379 e. The van der Waals surface area contributed by atoms with Gasteiger partial charge in [0.25, 0.3) is 0 Å². The van der Waals surface area contributed by atoms with Crippen molar-refractivity contribution in [2.75, 3.05) is 21.3 Å². The summed E-state index contributed by atoms with van der Waals surface area (Å²) in [7, 11) is -8.19. The smallest absolute Gasteiger partial charge is 0.339 e. The molecule has 4 N–H and O–H groups in total. The summed E-state index contributed by atoms with van der Waals surface area (Å²) in [4.78, 5) is 25.5. The van der Waals surface area contributed by atoms with Crippen LogP contribution < -0.4 is 29.6 Å². The quantitative estimate of drug-likeness (QED) is 0.113. The number of anilines is 4. The minimum absolute atomic E-state index is 0.0123. The molecule has 0 unspecified atom stereocenters. The Morgan fingerprint density at radius 1 is 0.458 bits per heavy atom. The maximum absolute atomic E-state index is 12.7. The second-order valence-corrected chi connectivity index (χ2v) is 13.4. The van der Waals surface area contributed by atoms with Gasteiger partial charge in [-0.3, -0.25) is 0 Å². The number of rotatable bonds is 10. The molecule has 0 saturated carbocycles. The highest BCUT2D eigenvalue weighted by Gasteiger charge is 2.20. The molecule has 0 spiro atoms. The lowest BCUT2D eigenvalue weighted by Gasteiger charge is -2.13. The van der Waals surface area contributed by atoms with Crippen molar-refractivity contribution in [1.29, 1.82) is 0 Å². The molecule has 0 heterocycles. The summed E-state index contributed by atoms with van der Waals surface area (Å²) >= 11 is 0. The van der Waals surface area contributed by atoms with Crippen LogP contribution in [-0.4, -0.2) is 28.9 Å². The fourth-order valence-electron chi connectivity index (χ4n) is 4.53. The van der Waals surface area contributed by atoms with E-state index in [1.54, 1.807) is 80.6 Å². The molecule has 0 fully saturated rings. The van der Waals surface area contributed by atoms with Gasteiger partial charge >= 0.3 is 32.3 Å². The zero-order valence-electron chi connectivity index (χ0n) is 25.6. The minimum atomic E-state index is -4.09. The molecule has 4 amide bonds. The van der Waals surface area contributed by atoms with Crippen molar-refractivity contribution in [3.8, 4) is 11.5 Å². The van der Waals surface area contributed by atoms with Gasteiger partial charge in [0.2, 0.25) is 0 Å². The van der Waals surface area contributed by atoms with Crippen LogP contribution in [0.4, 0.5) is 32.3 Å². The predicted octanol–water partition coefficient (Wildman–Crippen LogP) is 7.13. The summed E-state index contributed by atoms with van der Waals surface area (Å²) in [6, 6.07) is 29.8. The van der Waals surface area contributed by atoms with Gasteiger partial charge in [0, 0.05) is 34.9 Å². The van der Waals surface area contributed by atoms with Crippen LogP contribution in [0.5, 0.6) is 11.5 Å². The van der Waals surface area contributed by atoms with Gasteiger partial charge in [-0.25, -0.2) is 9.59 Å². The summed E-state index contributed by atoms with van der Waals surface area (Å²) in [6.07, 6.45) is 0. The molecule has 5 aromatic carbocycles. The molecule has 14 heteroatoms. The van der Waals surface area contributed by atoms with Gasteiger partial charge in [-0.05, 0) is 79.6 Å². The van der Waals surface area contributed by atoms with Gasteiger partial charge < -0.3 is 29.6 Å². The van der Waals surface area contributed by atoms with Crippen molar-refractivity contribution >= 4 is 55.0 Å². The van der Waals surface area contributed by atoms with Gasteiger partial charge in [0.1, 0.15) is 21.3 Å². The van der Waals surface area contributed by atoms with E-state index in [4.69, 9.17) is 8.37 Å². The van der Waals surface area contributed by atoms with Gasteiger partial charge in [0.15, 0.2) is 0 Å².